The van der Waals surface area contributed by atoms with E-state index in [4.69, 9.17) is 0 Å². The minimum Gasteiger partial charge on any atom is -0.507 e. The summed E-state index contributed by atoms with van der Waals surface area (Å²) < 4.78 is 0. The molecule has 1 heterocycles. The molecule has 0 fully saturated rings. The number of rotatable bonds is 5. The molecule has 3 aromatic carbocycles. The zero-order chi connectivity index (χ0) is 19.5. The number of fused-ring (bicyclic) bond motifs is 2. The summed E-state index contributed by atoms with van der Waals surface area (Å²) in [5.41, 5.74) is 2.91. The monoisotopic (exact) mass is 376 g/mol. The van der Waals surface area contributed by atoms with Crippen LogP contribution in [0.3, 0.4) is 0 Å². The molecule has 1 aliphatic heterocycles. The van der Waals surface area contributed by atoms with Crippen molar-refractivity contribution in [3.05, 3.63) is 77.4 Å². The highest BCUT2D eigenvalue weighted by Crippen LogP contribution is 2.27. The van der Waals surface area contributed by atoms with Crippen LogP contribution in [-0.2, 0) is 13.0 Å². The van der Waals surface area contributed by atoms with Gasteiger partial charge >= 0.3 is 0 Å². The van der Waals surface area contributed by atoms with Crippen molar-refractivity contribution < 1.29 is 15.0 Å². The summed E-state index contributed by atoms with van der Waals surface area (Å²) >= 11 is 0. The van der Waals surface area contributed by atoms with Crippen LogP contribution in [-0.4, -0.2) is 46.8 Å². The number of carbonyl (C=O) groups excluding carboxylic acids is 1. The minimum atomic E-state index is -0.675. The quantitative estimate of drug-likeness (QED) is 0.640. The lowest BCUT2D eigenvalue weighted by molar-refractivity contribution is 0.0841. The Balaban J connectivity index is 1.37. The summed E-state index contributed by atoms with van der Waals surface area (Å²) in [6.07, 6.45) is 0.297. The topological polar surface area (TPSA) is 72.8 Å². The molecule has 3 N–H and O–H groups in total. The molecule has 1 aliphatic rings. The van der Waals surface area contributed by atoms with Crippen LogP contribution in [0.1, 0.15) is 21.5 Å². The molecule has 0 radical (unpaired) electrons. The predicted octanol–water partition coefficient (Wildman–Crippen LogP) is 2.69. The number of benzene rings is 3. The standard InChI is InChI=1S/C23H24N2O3/c26-19(15-25-12-11-16-5-1-2-7-18(16)14-25)13-24-23(28)22-20-8-4-3-6-17(20)9-10-21(22)27/h1-10,19,26-27H,11-15H2,(H,24,28). The van der Waals surface area contributed by atoms with E-state index in [0.29, 0.717) is 11.9 Å². The first-order valence-corrected chi connectivity index (χ1v) is 9.58. The Hall–Kier alpha value is -2.89. The molecular weight excluding hydrogens is 352 g/mol. The minimum absolute atomic E-state index is 0.0571. The van der Waals surface area contributed by atoms with Gasteiger partial charge in [0, 0.05) is 26.2 Å². The third-order valence-electron chi connectivity index (χ3n) is 5.31. The molecule has 0 saturated heterocycles. The van der Waals surface area contributed by atoms with Gasteiger partial charge < -0.3 is 15.5 Å². The van der Waals surface area contributed by atoms with Gasteiger partial charge in [0.2, 0.25) is 0 Å². The molecule has 0 aromatic heterocycles. The van der Waals surface area contributed by atoms with Gasteiger partial charge in [-0.2, -0.15) is 0 Å². The first-order valence-electron chi connectivity index (χ1n) is 9.58. The van der Waals surface area contributed by atoms with Crippen molar-refractivity contribution in [3.8, 4) is 5.75 Å². The molecular formula is C23H24N2O3. The lowest BCUT2D eigenvalue weighted by Crippen LogP contribution is -2.42. The number of nitrogens with one attached hydrogen (secondary N) is 1. The van der Waals surface area contributed by atoms with Crippen LogP contribution in [0.2, 0.25) is 0 Å². The van der Waals surface area contributed by atoms with E-state index in [1.165, 1.54) is 17.2 Å². The highest BCUT2D eigenvalue weighted by molar-refractivity contribution is 6.09. The van der Waals surface area contributed by atoms with E-state index >= 15 is 0 Å². The van der Waals surface area contributed by atoms with Gasteiger partial charge in [-0.15, -0.1) is 0 Å². The maximum atomic E-state index is 12.6. The van der Waals surface area contributed by atoms with Crippen LogP contribution in [0, 0.1) is 0 Å². The molecule has 5 heteroatoms. The zero-order valence-corrected chi connectivity index (χ0v) is 15.6. The van der Waals surface area contributed by atoms with Gasteiger partial charge in [0.15, 0.2) is 0 Å². The van der Waals surface area contributed by atoms with Gasteiger partial charge in [-0.1, -0.05) is 54.6 Å². The van der Waals surface area contributed by atoms with Crippen molar-refractivity contribution in [1.29, 1.82) is 0 Å². The molecule has 0 aliphatic carbocycles. The van der Waals surface area contributed by atoms with Crippen molar-refractivity contribution in [2.45, 2.75) is 19.1 Å². The van der Waals surface area contributed by atoms with Gasteiger partial charge in [0.05, 0.1) is 11.7 Å². The summed E-state index contributed by atoms with van der Waals surface area (Å²) in [4.78, 5) is 14.8. The fourth-order valence-corrected chi connectivity index (χ4v) is 3.87. The number of amides is 1. The Morgan fingerprint density at radius 3 is 2.64 bits per heavy atom. The van der Waals surface area contributed by atoms with E-state index in [9.17, 15) is 15.0 Å². The van der Waals surface area contributed by atoms with Crippen LogP contribution >= 0.6 is 0 Å². The van der Waals surface area contributed by atoms with Crippen LogP contribution in [0.15, 0.2) is 60.7 Å². The lowest BCUT2D eigenvalue weighted by Gasteiger charge is -2.30. The normalized spacial score (nSPS) is 15.2. The second-order valence-electron chi connectivity index (χ2n) is 7.30. The van der Waals surface area contributed by atoms with Gasteiger partial charge in [-0.25, -0.2) is 0 Å². The Morgan fingerprint density at radius 1 is 1.04 bits per heavy atom. The Labute approximate surface area is 164 Å². The van der Waals surface area contributed by atoms with Gasteiger partial charge in [-0.05, 0) is 34.4 Å². The van der Waals surface area contributed by atoms with E-state index in [0.717, 1.165) is 24.9 Å². The molecule has 1 atom stereocenters. The lowest BCUT2D eigenvalue weighted by atomic mass is 10.00. The fourth-order valence-electron chi connectivity index (χ4n) is 3.87. The van der Waals surface area contributed by atoms with Crippen molar-refractivity contribution in [3.63, 3.8) is 0 Å². The summed E-state index contributed by atoms with van der Waals surface area (Å²) in [7, 11) is 0. The molecule has 0 bridgehead atoms. The fraction of sp³-hybridized carbons (Fsp3) is 0.261. The van der Waals surface area contributed by atoms with Crippen LogP contribution in [0.5, 0.6) is 5.75 Å². The highest BCUT2D eigenvalue weighted by Gasteiger charge is 2.20. The van der Waals surface area contributed by atoms with Crippen LogP contribution in [0.25, 0.3) is 10.8 Å². The highest BCUT2D eigenvalue weighted by atomic mass is 16.3. The number of phenolic OH excluding ortho intramolecular Hbond substituents is 1. The zero-order valence-electron chi connectivity index (χ0n) is 15.6. The van der Waals surface area contributed by atoms with Gasteiger partial charge in [0.25, 0.3) is 5.91 Å². The average Bonchev–Trinajstić information content (AvgIpc) is 2.72. The molecule has 0 spiro atoms. The third kappa shape index (κ3) is 3.86. The van der Waals surface area contributed by atoms with Crippen molar-refractivity contribution in [1.82, 2.24) is 10.2 Å². The Morgan fingerprint density at radius 2 is 1.79 bits per heavy atom. The van der Waals surface area contributed by atoms with Gasteiger partial charge in [-0.3, -0.25) is 9.69 Å². The number of nitrogens with zero attached hydrogens (tertiary/aromatic N) is 1. The van der Waals surface area contributed by atoms with Crippen molar-refractivity contribution in [2.75, 3.05) is 19.6 Å². The van der Waals surface area contributed by atoms with E-state index in [-0.39, 0.29) is 23.8 Å². The van der Waals surface area contributed by atoms with Crippen molar-refractivity contribution >= 4 is 16.7 Å². The van der Waals surface area contributed by atoms with Crippen LogP contribution in [0.4, 0.5) is 0 Å². The Kier molecular flexibility index (Phi) is 5.28. The molecule has 0 saturated carbocycles. The average molecular weight is 376 g/mol. The molecule has 5 nitrogen and oxygen atoms in total. The molecule has 4 rings (SSSR count). The molecule has 1 amide bonds. The van der Waals surface area contributed by atoms with Gasteiger partial charge in [0.1, 0.15) is 5.75 Å². The van der Waals surface area contributed by atoms with E-state index < -0.39 is 6.10 Å². The summed E-state index contributed by atoms with van der Waals surface area (Å²) in [5, 5.41) is 24.9. The molecule has 28 heavy (non-hydrogen) atoms. The number of carbonyl (C=O) groups is 1. The predicted molar refractivity (Wildman–Crippen MR) is 109 cm³/mol. The number of hydrogen-bond donors (Lipinski definition) is 3. The van der Waals surface area contributed by atoms with Crippen molar-refractivity contribution in [2.24, 2.45) is 0 Å². The van der Waals surface area contributed by atoms with E-state index in [1.54, 1.807) is 6.07 Å². The Bertz CT molecular complexity index is 1000. The first-order chi connectivity index (χ1) is 13.6. The van der Waals surface area contributed by atoms with E-state index in [1.807, 2.05) is 30.3 Å². The van der Waals surface area contributed by atoms with E-state index in [2.05, 4.69) is 28.4 Å². The SMILES string of the molecule is O=C(NCC(O)CN1CCc2ccccc2C1)c1c(O)ccc2ccccc12. The smallest absolute Gasteiger partial charge is 0.255 e. The summed E-state index contributed by atoms with van der Waals surface area (Å²) in [6.45, 7) is 2.34. The molecule has 3 aromatic rings. The number of aliphatic hydroxyl groups excluding tert-OH is 1. The third-order valence-corrected chi connectivity index (χ3v) is 5.31. The first kappa shape index (κ1) is 18.5. The number of phenols is 1. The number of hydrogen-bond acceptors (Lipinski definition) is 4. The second kappa shape index (κ2) is 8.00. The number of β-amino-alcohol motifs (C(OH)–C–C–N with tert-alkyl or cyclic N) is 1. The largest absolute Gasteiger partial charge is 0.507 e. The molecule has 144 valence electrons. The maximum Gasteiger partial charge on any atom is 0.255 e. The summed E-state index contributed by atoms with van der Waals surface area (Å²) in [6, 6.07) is 19.1. The van der Waals surface area contributed by atoms with Crippen LogP contribution < -0.4 is 5.32 Å². The molecule has 1 unspecified atom stereocenters. The number of aromatic hydroxyl groups is 1. The number of aliphatic hydroxyl groups is 1. The maximum absolute atomic E-state index is 12.6. The summed E-state index contributed by atoms with van der Waals surface area (Å²) in [5.74, 6) is -0.435. The second-order valence-corrected chi connectivity index (χ2v) is 7.30.